The van der Waals surface area contributed by atoms with Gasteiger partial charge in [-0.1, -0.05) is 81.8 Å². The summed E-state index contributed by atoms with van der Waals surface area (Å²) in [5.74, 6) is -4.16. The van der Waals surface area contributed by atoms with Crippen molar-refractivity contribution in [1.82, 2.24) is 36.1 Å². The van der Waals surface area contributed by atoms with E-state index in [1.807, 2.05) is 77.1 Å². The minimum atomic E-state index is -5.07. The zero-order valence-corrected chi connectivity index (χ0v) is 51.3. The number of rotatable bonds is 24. The number of aryl methyl sites for hydroxylation is 3. The molecule has 0 aliphatic carbocycles. The highest BCUT2D eigenvalue weighted by Crippen LogP contribution is 2.41. The number of halogens is 1. The molecule has 25 heteroatoms. The molecule has 7 amide bonds. The van der Waals surface area contributed by atoms with Gasteiger partial charge in [0.05, 0.1) is 39.6 Å². The molecular formula is C63H74FN10O12PS. The molecule has 2 aromatic heterocycles. The van der Waals surface area contributed by atoms with Crippen LogP contribution in [0.5, 0.6) is 0 Å². The number of primary amides is 1. The lowest BCUT2D eigenvalue weighted by Gasteiger charge is -2.35. The summed E-state index contributed by atoms with van der Waals surface area (Å²) in [6.07, 6.45) is 1.70. The van der Waals surface area contributed by atoms with E-state index in [0.717, 1.165) is 32.8 Å². The van der Waals surface area contributed by atoms with Gasteiger partial charge in [-0.3, -0.25) is 47.8 Å². The predicted molar refractivity (Wildman–Crippen MR) is 329 cm³/mol. The smallest absolute Gasteiger partial charge is 0.391 e. The summed E-state index contributed by atoms with van der Waals surface area (Å²) in [6, 6.07) is 18.2. The quantitative estimate of drug-likeness (QED) is 0.0232. The largest absolute Gasteiger partial charge is 0.396 e. The number of carbonyl (C=O) groups is 8. The van der Waals surface area contributed by atoms with E-state index >= 15 is 4.39 Å². The minimum Gasteiger partial charge on any atom is -0.391 e. The van der Waals surface area contributed by atoms with Crippen LogP contribution in [0.15, 0.2) is 90.4 Å². The molecule has 6 aromatic rings. The van der Waals surface area contributed by atoms with Crippen LogP contribution in [0.4, 0.5) is 15.8 Å². The van der Waals surface area contributed by atoms with Gasteiger partial charge in [0.2, 0.25) is 35.4 Å². The predicted octanol–water partition coefficient (Wildman–Crippen LogP) is 6.39. The molecule has 466 valence electrons. The number of unbranched alkanes of at least 4 members (excludes halogenated alkanes) is 2. The van der Waals surface area contributed by atoms with E-state index in [4.69, 9.17) is 5.73 Å². The number of H-pyrrole nitrogens is 1. The van der Waals surface area contributed by atoms with E-state index < -0.39 is 102 Å². The number of hydrogen-bond donors (Lipinski definition) is 10. The molecule has 1 fully saturated rings. The first kappa shape index (κ1) is 64.3. The van der Waals surface area contributed by atoms with Crippen LogP contribution in [0.3, 0.4) is 0 Å². The first-order valence-corrected chi connectivity index (χ1v) is 31.9. The molecule has 5 heterocycles. The van der Waals surface area contributed by atoms with Crippen molar-refractivity contribution in [3.63, 3.8) is 0 Å². The number of aliphatic hydroxyl groups excluding tert-OH is 1. The number of aromatic nitrogens is 2. The van der Waals surface area contributed by atoms with E-state index in [1.165, 1.54) is 34.1 Å². The Labute approximate surface area is 512 Å². The van der Waals surface area contributed by atoms with Gasteiger partial charge in [0.25, 0.3) is 11.4 Å². The molecule has 4 aromatic carbocycles. The Morgan fingerprint density at radius 1 is 0.898 bits per heavy atom. The summed E-state index contributed by atoms with van der Waals surface area (Å²) in [5.41, 5.74) is 10.9. The van der Waals surface area contributed by atoms with Crippen molar-refractivity contribution in [3.8, 4) is 10.4 Å². The number of nitrogens with zero attached hydrogens (tertiary/aromatic N) is 3. The molecule has 11 N–H and O–H groups in total. The SMILES string of the molecule is Cc1ncsc1-c1ccc([C@H](C)NC(=O)[C@@H]2C[C@@H](O)CN2C(=O)[C@@H](NC(=O)CCCCCc2cccc(NC[C@H](CCC(N)=O)NC(=O)[C@@H]3Cc4cccc5c4N3C(=O)[C@@H](NC(=O)c3cc4cc(C(=O)P(=O)(O)O)ccc4[nH]3)CC5)c2F)C(C)(C)C)cc1. The first-order chi connectivity index (χ1) is 41.7. The minimum absolute atomic E-state index is 0.0147. The summed E-state index contributed by atoms with van der Waals surface area (Å²) in [5, 5.41) is 25.8. The number of aliphatic hydroxyl groups is 1. The number of likely N-dealkylation sites (tertiary alicyclic amines) is 1. The number of thiazole rings is 1. The molecule has 3 aliphatic rings. The van der Waals surface area contributed by atoms with Crippen molar-refractivity contribution in [2.45, 2.75) is 148 Å². The van der Waals surface area contributed by atoms with Crippen molar-refractivity contribution < 1.29 is 62.2 Å². The van der Waals surface area contributed by atoms with Gasteiger partial charge in [0, 0.05) is 61.3 Å². The Hall–Kier alpha value is -8.15. The summed E-state index contributed by atoms with van der Waals surface area (Å²) in [4.78, 5) is 138. The molecule has 0 spiro atoms. The number of benzene rings is 4. The van der Waals surface area contributed by atoms with E-state index in [2.05, 4.69) is 36.6 Å². The highest BCUT2D eigenvalue weighted by atomic mass is 32.1. The number of hydrogen-bond acceptors (Lipinski definition) is 13. The lowest BCUT2D eigenvalue weighted by atomic mass is 9.85. The Morgan fingerprint density at radius 2 is 1.62 bits per heavy atom. The number of nitrogens with two attached hydrogens (primary N) is 1. The third-order valence-electron chi connectivity index (χ3n) is 16.5. The van der Waals surface area contributed by atoms with Crippen LogP contribution in [0.25, 0.3) is 21.3 Å². The van der Waals surface area contributed by atoms with Gasteiger partial charge >= 0.3 is 7.60 Å². The topological polar surface area (TPSA) is 336 Å². The van der Waals surface area contributed by atoms with Crippen LogP contribution >= 0.6 is 18.9 Å². The number of anilines is 2. The van der Waals surface area contributed by atoms with E-state index in [0.29, 0.717) is 54.3 Å². The summed E-state index contributed by atoms with van der Waals surface area (Å²) in [6.45, 7) is 9.16. The van der Waals surface area contributed by atoms with E-state index in [9.17, 15) is 57.8 Å². The molecule has 0 saturated carbocycles. The number of fused-ring (bicyclic) bond motifs is 1. The molecule has 7 atom stereocenters. The average Bonchev–Trinajstić information content (AvgIpc) is 1.84. The normalized spacial score (nSPS) is 18.4. The zero-order valence-electron chi connectivity index (χ0n) is 49.6. The lowest BCUT2D eigenvalue weighted by Crippen LogP contribution is -2.57. The van der Waals surface area contributed by atoms with Gasteiger partial charge in [-0.2, -0.15) is 0 Å². The molecule has 0 bridgehead atoms. The van der Waals surface area contributed by atoms with Crippen LogP contribution in [-0.4, -0.2) is 126 Å². The number of β-amino-alcohol motifs (C(OH)–C–C–N with tert-alkyl or cyclic N) is 1. The van der Waals surface area contributed by atoms with Gasteiger partial charge in [-0.15, -0.1) is 11.3 Å². The fraction of sp³-hybridized carbons (Fsp3) is 0.413. The third kappa shape index (κ3) is 14.9. The molecular weight excluding hydrogens is 1170 g/mol. The second-order valence-corrected chi connectivity index (χ2v) is 26.4. The number of nitrogens with one attached hydrogen (secondary N) is 6. The Kier molecular flexibility index (Phi) is 19.8. The fourth-order valence-corrected chi connectivity index (χ4v) is 13.1. The summed E-state index contributed by atoms with van der Waals surface area (Å²) in [7, 11) is -5.07. The van der Waals surface area contributed by atoms with Crippen molar-refractivity contribution in [2.24, 2.45) is 11.1 Å². The number of carbonyl (C=O) groups excluding carboxylic acids is 8. The van der Waals surface area contributed by atoms with E-state index in [-0.39, 0.29) is 74.5 Å². The van der Waals surface area contributed by atoms with Gasteiger partial charge in [-0.05, 0) is 116 Å². The summed E-state index contributed by atoms with van der Waals surface area (Å²) >= 11 is 1.55. The van der Waals surface area contributed by atoms with Crippen molar-refractivity contribution in [3.05, 3.63) is 135 Å². The number of aromatic amines is 1. The molecule has 9 rings (SSSR count). The molecule has 1 saturated heterocycles. The number of amides is 7. The second-order valence-electron chi connectivity index (χ2n) is 24.1. The molecule has 0 unspecified atom stereocenters. The zero-order chi connectivity index (χ0) is 63.4. The van der Waals surface area contributed by atoms with Crippen LogP contribution < -0.4 is 37.2 Å². The first-order valence-electron chi connectivity index (χ1n) is 29.4. The maximum atomic E-state index is 16.2. The molecule has 0 radical (unpaired) electrons. The second kappa shape index (κ2) is 27.1. The third-order valence-corrected chi connectivity index (χ3v) is 18.3. The molecule has 3 aliphatic heterocycles. The van der Waals surface area contributed by atoms with Gasteiger partial charge in [0.15, 0.2) is 0 Å². The van der Waals surface area contributed by atoms with Crippen molar-refractivity contribution in [1.29, 1.82) is 0 Å². The van der Waals surface area contributed by atoms with Crippen LogP contribution in [0, 0.1) is 18.2 Å². The van der Waals surface area contributed by atoms with Gasteiger partial charge in [-0.25, -0.2) is 9.37 Å². The standard InChI is InChI=1S/C63H74FN10O12PS/c1-34(36-17-19-39(20-18-36)55-35(2)67-33-88-55)68-58(79)49-30-44(75)32-73(49)61(82)56(63(3,4)5)72-52(77)16-8-6-7-11-37-12-10-15-46(53(37)64)66-31-43(23-26-51(65)76)69-59(80)50-29-40-14-9-13-38-21-25-47(60(81)74(50)54(38)40)71-57(78)48-28-42-27-41(22-24-45(42)70-48)62(83)87(84,85)86/h9-10,12-15,17-20,22,24,27-28,33-34,43-44,47,49-50,56,66,70,75H,6-8,11,16,21,23,25-26,29-32H2,1-5H3,(H2,65,76)(H,68,79)(H,69,80)(H,71,78)(H,72,77)(H2,84,85,86)/t34-,43-,44+,47-,49-,50-,56+/m0/s1. The van der Waals surface area contributed by atoms with E-state index in [1.54, 1.807) is 35.0 Å². The molecule has 22 nitrogen and oxygen atoms in total. The number of para-hydroxylation sites is 1. The average molecular weight is 1250 g/mol. The Bertz CT molecular complexity index is 3710. The van der Waals surface area contributed by atoms with Crippen LogP contribution in [0.1, 0.15) is 134 Å². The van der Waals surface area contributed by atoms with Crippen molar-refractivity contribution in [2.75, 3.05) is 23.3 Å². The fourth-order valence-electron chi connectivity index (χ4n) is 11.8. The Balaban J connectivity index is 0.769. The van der Waals surface area contributed by atoms with Crippen molar-refractivity contribution >= 4 is 88.1 Å². The van der Waals surface area contributed by atoms with Crippen LogP contribution in [-0.2, 0) is 52.6 Å². The molecule has 88 heavy (non-hydrogen) atoms. The highest BCUT2D eigenvalue weighted by molar-refractivity contribution is 7.70. The maximum absolute atomic E-state index is 16.2. The van der Waals surface area contributed by atoms with Crippen LogP contribution in [0.2, 0.25) is 0 Å². The monoisotopic (exact) mass is 1240 g/mol. The van der Waals surface area contributed by atoms with Gasteiger partial charge < -0.3 is 57.1 Å². The lowest BCUT2D eigenvalue weighted by molar-refractivity contribution is -0.144. The Morgan fingerprint density at radius 3 is 2.33 bits per heavy atom. The highest BCUT2D eigenvalue weighted by Gasteiger charge is 2.46. The summed E-state index contributed by atoms with van der Waals surface area (Å²) < 4.78 is 27.8. The van der Waals surface area contributed by atoms with Gasteiger partial charge in [0.1, 0.15) is 35.7 Å². The maximum Gasteiger partial charge on any atom is 0.396 e.